The van der Waals surface area contributed by atoms with Gasteiger partial charge in [0.25, 0.3) is 0 Å². The summed E-state index contributed by atoms with van der Waals surface area (Å²) in [6.45, 7) is 9.44. The van der Waals surface area contributed by atoms with E-state index in [4.69, 9.17) is 0 Å². The minimum absolute atomic E-state index is 0.0388. The van der Waals surface area contributed by atoms with Crippen molar-refractivity contribution in [2.24, 2.45) is 11.8 Å². The molecule has 0 radical (unpaired) electrons. The summed E-state index contributed by atoms with van der Waals surface area (Å²) < 4.78 is 3.31. The molecule has 2 unspecified atom stereocenters. The van der Waals surface area contributed by atoms with Gasteiger partial charge in [-0.1, -0.05) is 0 Å². The van der Waals surface area contributed by atoms with E-state index < -0.39 is 11.9 Å². The number of carbonyl (C=O) groups excluding carboxylic acids is 2. The second-order valence-electron chi connectivity index (χ2n) is 6.46. The Labute approximate surface area is 164 Å². The fraction of sp³-hybridized carbons (Fsp3) is 0.800. The monoisotopic (exact) mass is 460 g/mol. The maximum atomic E-state index is 9.41. The summed E-state index contributed by atoms with van der Waals surface area (Å²) in [5.74, 6) is -0.918. The van der Waals surface area contributed by atoms with E-state index in [2.05, 4.69) is 27.7 Å². The van der Waals surface area contributed by atoms with Crippen LogP contribution in [0.5, 0.6) is 0 Å². The molecule has 4 nitrogen and oxygen atoms in total. The molecule has 0 aliphatic heterocycles. The number of hydrogen-bond donors (Lipinski definition) is 0. The largest absolute Gasteiger partial charge is 0.545 e. The van der Waals surface area contributed by atoms with Crippen LogP contribution in [-0.2, 0) is 9.59 Å². The molecule has 0 bridgehead atoms. The molecule has 0 N–H and O–H groups in total. The first kappa shape index (κ1) is 26.7. The Morgan fingerprint density at radius 1 is 0.800 bits per heavy atom. The normalized spacial score (nSPS) is 12.8. The van der Waals surface area contributed by atoms with Gasteiger partial charge >= 0.3 is 121 Å². The maximum Gasteiger partial charge on any atom is 0.0643 e. The third kappa shape index (κ3) is 21.4. The fourth-order valence-electron chi connectivity index (χ4n) is 2.51. The van der Waals surface area contributed by atoms with Crippen LogP contribution >= 0.6 is 0 Å². The number of unbranched alkanes of at least 4 members (excludes halogenated alkanes) is 2. The molecule has 0 fully saturated rings. The third-order valence-corrected chi connectivity index (χ3v) is 9.25. The maximum absolute atomic E-state index is 9.41. The van der Waals surface area contributed by atoms with Crippen molar-refractivity contribution >= 4 is 33.1 Å². The SMILES string of the molecule is CCCCC(CC)[CH2][Sn+2][CH2]C(CC)CCCC.O=C([O-])/C=C\C(=O)[O-]. The fourth-order valence-corrected chi connectivity index (χ4v) is 8.13. The van der Waals surface area contributed by atoms with Crippen LogP contribution in [0.2, 0.25) is 8.87 Å². The van der Waals surface area contributed by atoms with Crippen LogP contribution in [0.25, 0.3) is 0 Å². The second-order valence-corrected chi connectivity index (χ2v) is 10.2. The molecule has 25 heavy (non-hydrogen) atoms. The molecular formula is C20H36O4Sn. The second kappa shape index (κ2) is 19.8. The van der Waals surface area contributed by atoms with Crippen LogP contribution in [0.1, 0.15) is 79.1 Å². The Balaban J connectivity index is 0. The van der Waals surface area contributed by atoms with E-state index in [0.717, 1.165) is 11.8 Å². The molecule has 0 saturated carbocycles. The van der Waals surface area contributed by atoms with Crippen molar-refractivity contribution in [1.82, 2.24) is 0 Å². The zero-order valence-electron chi connectivity index (χ0n) is 16.5. The first-order chi connectivity index (χ1) is 11.9. The predicted molar refractivity (Wildman–Crippen MR) is 101 cm³/mol. The smallest absolute Gasteiger partial charge is 0.0643 e. The van der Waals surface area contributed by atoms with Gasteiger partial charge in [-0.25, -0.2) is 0 Å². The van der Waals surface area contributed by atoms with Crippen molar-refractivity contribution in [3.8, 4) is 0 Å². The summed E-state index contributed by atoms with van der Waals surface area (Å²) in [5, 5.41) is 18.8. The third-order valence-electron chi connectivity index (χ3n) is 4.31. The van der Waals surface area contributed by atoms with Crippen LogP contribution in [0.3, 0.4) is 0 Å². The number of carboxylic acid groups (broad SMARTS) is 2. The van der Waals surface area contributed by atoms with E-state index >= 15 is 0 Å². The topological polar surface area (TPSA) is 80.3 Å². The molecule has 0 saturated heterocycles. The van der Waals surface area contributed by atoms with E-state index in [1.54, 1.807) is 8.87 Å². The molecule has 0 amide bonds. The van der Waals surface area contributed by atoms with Crippen molar-refractivity contribution in [2.75, 3.05) is 0 Å². The van der Waals surface area contributed by atoms with Gasteiger partial charge in [0.1, 0.15) is 0 Å². The minimum atomic E-state index is -1.55. The average molecular weight is 459 g/mol. The molecule has 2 atom stereocenters. The number of hydrogen-bond acceptors (Lipinski definition) is 4. The minimum Gasteiger partial charge on any atom is -0.545 e. The Bertz CT molecular complexity index is 324. The van der Waals surface area contributed by atoms with Crippen molar-refractivity contribution in [3.63, 3.8) is 0 Å². The van der Waals surface area contributed by atoms with E-state index in [1.807, 2.05) is 0 Å². The Kier molecular flexibility index (Phi) is 21.1. The quantitative estimate of drug-likeness (QED) is 0.296. The molecule has 0 aliphatic rings. The molecule has 0 aliphatic carbocycles. The van der Waals surface area contributed by atoms with Gasteiger partial charge < -0.3 is 19.8 Å². The molecular weight excluding hydrogens is 423 g/mol. The van der Waals surface area contributed by atoms with Gasteiger partial charge in [-0.15, -0.1) is 0 Å². The first-order valence-corrected chi connectivity index (χ1v) is 13.7. The summed E-state index contributed by atoms with van der Waals surface area (Å²) in [6, 6.07) is 0. The molecule has 144 valence electrons. The number of aliphatic carboxylic acids is 2. The summed E-state index contributed by atoms with van der Waals surface area (Å²) in [5.41, 5.74) is 0. The van der Waals surface area contributed by atoms with E-state index in [-0.39, 0.29) is 21.1 Å². The number of carbonyl (C=O) groups is 2. The van der Waals surface area contributed by atoms with Crippen LogP contribution in [0.15, 0.2) is 12.2 Å². The van der Waals surface area contributed by atoms with Gasteiger partial charge in [0.15, 0.2) is 0 Å². The number of rotatable bonds is 14. The van der Waals surface area contributed by atoms with E-state index in [0.29, 0.717) is 12.2 Å². The van der Waals surface area contributed by atoms with Gasteiger partial charge in [-0.3, -0.25) is 0 Å². The van der Waals surface area contributed by atoms with Crippen molar-refractivity contribution < 1.29 is 19.8 Å². The summed E-state index contributed by atoms with van der Waals surface area (Å²) in [4.78, 5) is 18.8. The van der Waals surface area contributed by atoms with Crippen LogP contribution in [0, 0.1) is 11.8 Å². The summed E-state index contributed by atoms with van der Waals surface area (Å²) in [6.07, 6.45) is 12.4. The van der Waals surface area contributed by atoms with Crippen molar-refractivity contribution in [2.45, 2.75) is 87.9 Å². The van der Waals surface area contributed by atoms with Crippen LogP contribution in [-0.4, -0.2) is 33.1 Å². The average Bonchev–Trinajstić information content (AvgIpc) is 2.59. The van der Waals surface area contributed by atoms with Crippen molar-refractivity contribution in [1.29, 1.82) is 0 Å². The Hall–Kier alpha value is -0.521. The van der Waals surface area contributed by atoms with Gasteiger partial charge in [0.05, 0.1) is 11.9 Å². The number of carboxylic acids is 2. The van der Waals surface area contributed by atoms with Crippen LogP contribution < -0.4 is 10.2 Å². The zero-order chi connectivity index (χ0) is 19.5. The van der Waals surface area contributed by atoms with Crippen LogP contribution in [0.4, 0.5) is 0 Å². The van der Waals surface area contributed by atoms with Gasteiger partial charge in [-0.2, -0.15) is 0 Å². The molecule has 0 heterocycles. The Morgan fingerprint density at radius 2 is 1.16 bits per heavy atom. The van der Waals surface area contributed by atoms with E-state index in [9.17, 15) is 19.8 Å². The first-order valence-electron chi connectivity index (χ1n) is 9.71. The molecule has 5 heteroatoms. The van der Waals surface area contributed by atoms with Crippen molar-refractivity contribution in [3.05, 3.63) is 12.2 Å². The summed E-state index contributed by atoms with van der Waals surface area (Å²) in [7, 11) is 0. The molecule has 0 rings (SSSR count). The summed E-state index contributed by atoms with van der Waals surface area (Å²) >= 11 is -0.0388. The molecule has 0 aromatic heterocycles. The van der Waals surface area contributed by atoms with Gasteiger partial charge in [0, 0.05) is 0 Å². The molecule has 0 spiro atoms. The van der Waals surface area contributed by atoms with Gasteiger partial charge in [0.2, 0.25) is 0 Å². The van der Waals surface area contributed by atoms with Gasteiger partial charge in [-0.05, 0) is 12.2 Å². The standard InChI is InChI=1S/2C8H17.C4H4O4.Sn/c2*1-4-6-7-8(3)5-2;5-3(6)1-2-4(7)8;/h2*8H,3-7H2,1-2H3;1-2H,(H,5,6)(H,7,8);/q;;;+2/p-2/b;;2-1-;. The molecule has 0 aromatic carbocycles. The Morgan fingerprint density at radius 3 is 1.40 bits per heavy atom. The van der Waals surface area contributed by atoms with E-state index in [1.165, 1.54) is 51.4 Å². The molecule has 0 aromatic rings. The zero-order valence-corrected chi connectivity index (χ0v) is 19.4. The predicted octanol–water partition coefficient (Wildman–Crippen LogP) is 3.00.